The minimum Gasteiger partial charge on any atom is -0.186 e. The minimum atomic E-state index is -0.753. The lowest BCUT2D eigenvalue weighted by atomic mass is 10.6. The van der Waals surface area contributed by atoms with E-state index in [1.807, 2.05) is 11.5 Å². The maximum absolute atomic E-state index is 8.34. The fraction of sp³-hybridized carbons (Fsp3) is 0. The summed E-state index contributed by atoms with van der Waals surface area (Å²) in [6, 6.07) is 0. The van der Waals surface area contributed by atoms with Crippen LogP contribution in [0.4, 0.5) is 0 Å². The Bertz CT molecular complexity index is 189. The van der Waals surface area contributed by atoms with Gasteiger partial charge >= 0.3 is 0 Å². The quantitative estimate of drug-likeness (QED) is 0.410. The number of hydrogen-bond acceptors (Lipinski definition) is 1. The molecule has 8 heavy (non-hydrogen) atoms. The lowest BCUT2D eigenvalue weighted by Gasteiger charge is -1.96. The molecule has 0 fully saturated rings. The van der Waals surface area contributed by atoms with Gasteiger partial charge in [0.2, 0.25) is 0 Å². The Labute approximate surface area is 55.6 Å². The molecular formula is C5H4ClNS. The van der Waals surface area contributed by atoms with E-state index in [2.05, 4.69) is 5.40 Å². The van der Waals surface area contributed by atoms with Crippen molar-refractivity contribution in [1.82, 2.24) is 0 Å². The standard InChI is InChI=1S/C5H4ClNS/c6-5-2-1-3-8(5)4-7/h1-3,8H. The van der Waals surface area contributed by atoms with Crippen LogP contribution in [0, 0.1) is 10.7 Å². The number of halogens is 1. The Morgan fingerprint density at radius 1 is 1.75 bits per heavy atom. The molecule has 0 saturated heterocycles. The van der Waals surface area contributed by atoms with Gasteiger partial charge in [0.05, 0.1) is 4.36 Å². The monoisotopic (exact) mass is 145 g/mol. The van der Waals surface area contributed by atoms with Crippen LogP contribution in [0.1, 0.15) is 0 Å². The summed E-state index contributed by atoms with van der Waals surface area (Å²) >= 11 is 5.58. The van der Waals surface area contributed by atoms with Crippen molar-refractivity contribution in [2.45, 2.75) is 0 Å². The number of hydrogen-bond donors (Lipinski definition) is 1. The Morgan fingerprint density at radius 2 is 2.50 bits per heavy atom. The number of allylic oxidation sites excluding steroid dienone is 2. The molecule has 0 aromatic carbocycles. The molecule has 0 spiro atoms. The number of rotatable bonds is 0. The second-order valence-electron chi connectivity index (χ2n) is 1.30. The first-order valence-corrected chi connectivity index (χ1v) is 3.86. The molecule has 0 saturated carbocycles. The molecule has 1 nitrogen and oxygen atoms in total. The summed E-state index contributed by atoms with van der Waals surface area (Å²) in [5.41, 5.74) is 0. The van der Waals surface area contributed by atoms with Gasteiger partial charge < -0.3 is 0 Å². The van der Waals surface area contributed by atoms with Crippen LogP contribution in [0.5, 0.6) is 0 Å². The van der Waals surface area contributed by atoms with Gasteiger partial charge in [0.25, 0.3) is 0 Å². The van der Waals surface area contributed by atoms with Crippen LogP contribution in [0.3, 0.4) is 0 Å². The maximum Gasteiger partial charge on any atom is 0.119 e. The molecule has 0 bridgehead atoms. The maximum atomic E-state index is 8.34. The predicted molar refractivity (Wildman–Crippen MR) is 37.7 cm³/mol. The Balaban J connectivity index is 2.76. The molecule has 42 valence electrons. The van der Waals surface area contributed by atoms with Crippen LogP contribution < -0.4 is 0 Å². The highest BCUT2D eigenvalue weighted by Crippen LogP contribution is 2.41. The van der Waals surface area contributed by atoms with Gasteiger partial charge in [0.1, 0.15) is 5.40 Å². The molecule has 0 aromatic heterocycles. The van der Waals surface area contributed by atoms with Crippen molar-refractivity contribution < 1.29 is 0 Å². The summed E-state index contributed by atoms with van der Waals surface area (Å²) in [5.74, 6) is 0. The normalized spacial score (nSPS) is 29.5. The van der Waals surface area contributed by atoms with Gasteiger partial charge in [-0.05, 0) is 11.5 Å². The molecule has 0 aromatic rings. The van der Waals surface area contributed by atoms with Crippen LogP contribution >= 0.6 is 22.5 Å². The summed E-state index contributed by atoms with van der Waals surface area (Å²) in [4.78, 5) is 0. The van der Waals surface area contributed by atoms with E-state index in [1.54, 1.807) is 6.08 Å². The van der Waals surface area contributed by atoms with E-state index in [0.29, 0.717) is 4.36 Å². The molecule has 1 atom stereocenters. The zero-order valence-electron chi connectivity index (χ0n) is 4.00. The van der Waals surface area contributed by atoms with E-state index in [1.165, 1.54) is 0 Å². The molecule has 3 heteroatoms. The first-order chi connectivity index (χ1) is 3.84. The van der Waals surface area contributed by atoms with Gasteiger partial charge in [-0.25, -0.2) is 0 Å². The van der Waals surface area contributed by atoms with Crippen molar-refractivity contribution in [2.75, 3.05) is 0 Å². The third-order valence-electron chi connectivity index (χ3n) is 0.807. The Morgan fingerprint density at radius 3 is 2.75 bits per heavy atom. The highest BCUT2D eigenvalue weighted by molar-refractivity contribution is 8.28. The second-order valence-corrected chi connectivity index (χ2v) is 3.69. The molecule has 1 rings (SSSR count). The molecule has 1 unspecified atom stereocenters. The number of thiocyanates is 1. The average Bonchev–Trinajstić information content (AvgIpc) is 2.14. The summed E-state index contributed by atoms with van der Waals surface area (Å²) in [6.07, 6.45) is 3.58. The van der Waals surface area contributed by atoms with E-state index in [9.17, 15) is 0 Å². The van der Waals surface area contributed by atoms with Crippen molar-refractivity contribution in [1.29, 1.82) is 5.26 Å². The third kappa shape index (κ3) is 0.885. The second kappa shape index (κ2) is 2.25. The average molecular weight is 146 g/mol. The molecule has 1 aliphatic heterocycles. The van der Waals surface area contributed by atoms with E-state index < -0.39 is 10.9 Å². The minimum absolute atomic E-state index is 0.683. The number of thiol groups is 1. The number of nitrogens with zero attached hydrogens (tertiary/aromatic N) is 1. The van der Waals surface area contributed by atoms with Crippen LogP contribution in [0.2, 0.25) is 0 Å². The zero-order valence-corrected chi connectivity index (χ0v) is 5.65. The van der Waals surface area contributed by atoms with E-state index in [4.69, 9.17) is 16.9 Å². The fourth-order valence-electron chi connectivity index (χ4n) is 0.441. The van der Waals surface area contributed by atoms with Crippen LogP contribution in [0.15, 0.2) is 21.9 Å². The van der Waals surface area contributed by atoms with Gasteiger partial charge in [-0.1, -0.05) is 17.7 Å². The van der Waals surface area contributed by atoms with Gasteiger partial charge in [-0.2, -0.15) is 5.26 Å². The number of nitriles is 1. The topological polar surface area (TPSA) is 23.8 Å². The van der Waals surface area contributed by atoms with E-state index in [-0.39, 0.29) is 0 Å². The van der Waals surface area contributed by atoms with Crippen molar-refractivity contribution in [3.63, 3.8) is 0 Å². The first kappa shape index (κ1) is 5.74. The van der Waals surface area contributed by atoms with Crippen LogP contribution in [0.25, 0.3) is 0 Å². The van der Waals surface area contributed by atoms with Crippen molar-refractivity contribution in [3.05, 3.63) is 21.9 Å². The van der Waals surface area contributed by atoms with Gasteiger partial charge in [0.15, 0.2) is 0 Å². The Hall–Kier alpha value is -0.390. The molecular weight excluding hydrogens is 142 g/mol. The summed E-state index contributed by atoms with van der Waals surface area (Å²) in [5, 5.41) is 12.3. The highest BCUT2D eigenvalue weighted by atomic mass is 35.5. The van der Waals surface area contributed by atoms with Crippen molar-refractivity contribution in [2.24, 2.45) is 0 Å². The SMILES string of the molecule is N#C[SH]1C=CC=C1Cl. The third-order valence-corrected chi connectivity index (χ3v) is 2.77. The van der Waals surface area contributed by atoms with Crippen molar-refractivity contribution in [3.8, 4) is 5.40 Å². The van der Waals surface area contributed by atoms with Crippen LogP contribution in [-0.4, -0.2) is 0 Å². The van der Waals surface area contributed by atoms with E-state index in [0.717, 1.165) is 0 Å². The van der Waals surface area contributed by atoms with Crippen LogP contribution in [-0.2, 0) is 0 Å². The summed E-state index contributed by atoms with van der Waals surface area (Å²) < 4.78 is 0.683. The molecule has 0 amide bonds. The van der Waals surface area contributed by atoms with E-state index >= 15 is 0 Å². The Kier molecular flexibility index (Phi) is 1.62. The molecule has 0 aliphatic carbocycles. The summed E-state index contributed by atoms with van der Waals surface area (Å²) in [6.45, 7) is 0. The van der Waals surface area contributed by atoms with Gasteiger partial charge in [-0.15, -0.1) is 10.9 Å². The predicted octanol–water partition coefficient (Wildman–Crippen LogP) is 2.08. The highest BCUT2D eigenvalue weighted by Gasteiger charge is 2.04. The summed E-state index contributed by atoms with van der Waals surface area (Å²) in [7, 11) is -0.753. The molecule has 0 radical (unpaired) electrons. The zero-order chi connectivity index (χ0) is 5.98. The molecule has 1 heterocycles. The largest absolute Gasteiger partial charge is 0.186 e. The van der Waals surface area contributed by atoms with Gasteiger partial charge in [-0.3, -0.25) is 0 Å². The smallest absolute Gasteiger partial charge is 0.119 e. The first-order valence-electron chi connectivity index (χ1n) is 2.07. The fourth-order valence-corrected chi connectivity index (χ4v) is 1.61. The molecule has 0 N–H and O–H groups in total. The lowest BCUT2D eigenvalue weighted by molar-refractivity contribution is 1.57. The van der Waals surface area contributed by atoms with Gasteiger partial charge in [0, 0.05) is 0 Å². The molecule has 1 aliphatic rings. The van der Waals surface area contributed by atoms with Crippen molar-refractivity contribution >= 4 is 22.5 Å². The lowest BCUT2D eigenvalue weighted by Crippen LogP contribution is -1.60.